The number of fused-ring (bicyclic) bond motifs is 1. The predicted molar refractivity (Wildman–Crippen MR) is 86.7 cm³/mol. The van der Waals surface area contributed by atoms with Crippen LogP contribution in [0.15, 0.2) is 60.7 Å². The summed E-state index contributed by atoms with van der Waals surface area (Å²) in [6.45, 7) is 0.298. The summed E-state index contributed by atoms with van der Waals surface area (Å²) in [7, 11) is 0. The molecule has 0 amide bonds. The Hall–Kier alpha value is -2.52. The zero-order chi connectivity index (χ0) is 15.5. The maximum absolute atomic E-state index is 11.0. The third-order valence-corrected chi connectivity index (χ3v) is 3.73. The van der Waals surface area contributed by atoms with Gasteiger partial charge in [0, 0.05) is 15.8 Å². The van der Waals surface area contributed by atoms with Gasteiger partial charge in [-0.3, -0.25) is 0 Å². The Morgan fingerprint density at radius 2 is 1.77 bits per heavy atom. The van der Waals surface area contributed by atoms with E-state index in [1.54, 1.807) is 24.3 Å². The molecule has 0 aromatic heterocycles. The molecule has 0 fully saturated rings. The van der Waals surface area contributed by atoms with Crippen LogP contribution in [0.5, 0.6) is 5.75 Å². The minimum absolute atomic E-state index is 0.252. The molecule has 0 radical (unpaired) electrons. The SMILES string of the molecule is O=C(O)c1cccc(COc2ccc(Cl)c3ccccc23)c1. The molecule has 0 saturated carbocycles. The zero-order valence-corrected chi connectivity index (χ0v) is 12.4. The van der Waals surface area contributed by atoms with Gasteiger partial charge in [-0.05, 0) is 29.8 Å². The highest BCUT2D eigenvalue weighted by Crippen LogP contribution is 2.31. The van der Waals surface area contributed by atoms with Crippen LogP contribution in [0.4, 0.5) is 0 Å². The minimum atomic E-state index is -0.946. The number of ether oxygens (including phenoxy) is 1. The molecule has 3 aromatic rings. The summed E-state index contributed by atoms with van der Waals surface area (Å²) in [6.07, 6.45) is 0. The first-order chi connectivity index (χ1) is 10.6. The molecule has 0 unspecified atom stereocenters. The Balaban J connectivity index is 1.87. The monoisotopic (exact) mass is 312 g/mol. The molecular formula is C18H13ClO3. The number of carboxylic acids is 1. The van der Waals surface area contributed by atoms with E-state index in [2.05, 4.69) is 0 Å². The van der Waals surface area contributed by atoms with Crippen molar-refractivity contribution in [3.05, 3.63) is 76.8 Å². The van der Waals surface area contributed by atoms with Gasteiger partial charge in [0.2, 0.25) is 0 Å². The van der Waals surface area contributed by atoms with Crippen molar-refractivity contribution in [2.75, 3.05) is 0 Å². The van der Waals surface area contributed by atoms with Crippen molar-refractivity contribution in [1.82, 2.24) is 0 Å². The van der Waals surface area contributed by atoms with Crippen molar-refractivity contribution >= 4 is 28.3 Å². The Morgan fingerprint density at radius 3 is 2.55 bits per heavy atom. The molecule has 0 aliphatic carbocycles. The first kappa shape index (κ1) is 14.4. The molecule has 1 N–H and O–H groups in total. The van der Waals surface area contributed by atoms with Crippen LogP contribution in [-0.2, 0) is 6.61 Å². The van der Waals surface area contributed by atoms with Crippen LogP contribution in [-0.4, -0.2) is 11.1 Å². The Kier molecular flexibility index (Phi) is 3.98. The maximum atomic E-state index is 11.0. The standard InChI is InChI=1S/C18H13ClO3/c19-16-8-9-17(15-7-2-1-6-14(15)16)22-11-12-4-3-5-13(10-12)18(20)21/h1-10H,11H2,(H,20,21). The van der Waals surface area contributed by atoms with Gasteiger partial charge in [-0.2, -0.15) is 0 Å². The fraction of sp³-hybridized carbons (Fsp3) is 0.0556. The first-order valence-corrected chi connectivity index (χ1v) is 7.15. The van der Waals surface area contributed by atoms with Crippen molar-refractivity contribution in [3.63, 3.8) is 0 Å². The van der Waals surface area contributed by atoms with E-state index in [-0.39, 0.29) is 5.56 Å². The van der Waals surface area contributed by atoms with Crippen LogP contribution < -0.4 is 4.74 Å². The smallest absolute Gasteiger partial charge is 0.335 e. The van der Waals surface area contributed by atoms with Crippen molar-refractivity contribution in [2.24, 2.45) is 0 Å². The highest BCUT2D eigenvalue weighted by Gasteiger charge is 2.07. The number of hydrogen-bond acceptors (Lipinski definition) is 2. The molecule has 0 bridgehead atoms. The fourth-order valence-electron chi connectivity index (χ4n) is 2.32. The van der Waals surface area contributed by atoms with Crippen LogP contribution in [0.3, 0.4) is 0 Å². The predicted octanol–water partition coefficient (Wildman–Crippen LogP) is 4.77. The highest BCUT2D eigenvalue weighted by atomic mass is 35.5. The molecular weight excluding hydrogens is 300 g/mol. The van der Waals surface area contributed by atoms with E-state index in [4.69, 9.17) is 21.4 Å². The molecule has 3 rings (SSSR count). The molecule has 110 valence electrons. The van der Waals surface area contributed by atoms with Crippen molar-refractivity contribution in [2.45, 2.75) is 6.61 Å². The van der Waals surface area contributed by atoms with Crippen molar-refractivity contribution < 1.29 is 14.6 Å². The zero-order valence-electron chi connectivity index (χ0n) is 11.6. The van der Waals surface area contributed by atoms with Gasteiger partial charge in [-0.25, -0.2) is 4.79 Å². The van der Waals surface area contributed by atoms with Crippen LogP contribution in [0, 0.1) is 0 Å². The first-order valence-electron chi connectivity index (χ1n) is 6.77. The second-order valence-corrected chi connectivity index (χ2v) is 5.29. The summed E-state index contributed by atoms with van der Waals surface area (Å²) in [5.41, 5.74) is 1.06. The molecule has 22 heavy (non-hydrogen) atoms. The van der Waals surface area contributed by atoms with E-state index < -0.39 is 5.97 Å². The molecule has 0 saturated heterocycles. The Morgan fingerprint density at radius 1 is 1.00 bits per heavy atom. The lowest BCUT2D eigenvalue weighted by atomic mass is 10.1. The largest absolute Gasteiger partial charge is 0.488 e. The Bertz CT molecular complexity index is 843. The van der Waals surface area contributed by atoms with Gasteiger partial charge < -0.3 is 9.84 Å². The van der Waals surface area contributed by atoms with Crippen LogP contribution in [0.25, 0.3) is 10.8 Å². The molecule has 0 heterocycles. The summed E-state index contributed by atoms with van der Waals surface area (Å²) in [5.74, 6) is -0.223. The quantitative estimate of drug-likeness (QED) is 0.754. The number of rotatable bonds is 4. The number of carboxylic acid groups (broad SMARTS) is 1. The molecule has 0 spiro atoms. The fourth-order valence-corrected chi connectivity index (χ4v) is 2.54. The molecule has 0 atom stereocenters. The van der Waals surface area contributed by atoms with Crippen LogP contribution >= 0.6 is 11.6 Å². The van der Waals surface area contributed by atoms with E-state index in [0.717, 1.165) is 22.1 Å². The van der Waals surface area contributed by atoms with E-state index >= 15 is 0 Å². The van der Waals surface area contributed by atoms with Crippen molar-refractivity contribution in [1.29, 1.82) is 0 Å². The summed E-state index contributed by atoms with van der Waals surface area (Å²) in [6, 6.07) is 18.1. The lowest BCUT2D eigenvalue weighted by molar-refractivity contribution is 0.0696. The van der Waals surface area contributed by atoms with Crippen molar-refractivity contribution in [3.8, 4) is 5.75 Å². The lowest BCUT2D eigenvalue weighted by Gasteiger charge is -2.10. The second kappa shape index (κ2) is 6.08. The topological polar surface area (TPSA) is 46.5 Å². The third-order valence-electron chi connectivity index (χ3n) is 3.40. The summed E-state index contributed by atoms with van der Waals surface area (Å²) in [4.78, 5) is 11.0. The maximum Gasteiger partial charge on any atom is 0.335 e. The molecule has 4 heteroatoms. The molecule has 0 aliphatic rings. The summed E-state index contributed by atoms with van der Waals surface area (Å²) in [5, 5.41) is 11.6. The number of carbonyl (C=O) groups is 1. The van der Waals surface area contributed by atoms with E-state index in [0.29, 0.717) is 11.6 Å². The summed E-state index contributed by atoms with van der Waals surface area (Å²) >= 11 is 6.18. The van der Waals surface area contributed by atoms with Crippen LogP contribution in [0.2, 0.25) is 5.02 Å². The van der Waals surface area contributed by atoms with Crippen LogP contribution in [0.1, 0.15) is 15.9 Å². The molecule has 0 aliphatic heterocycles. The van der Waals surface area contributed by atoms with E-state index in [1.807, 2.05) is 36.4 Å². The van der Waals surface area contributed by atoms with Gasteiger partial charge in [0.1, 0.15) is 12.4 Å². The van der Waals surface area contributed by atoms with Gasteiger partial charge in [0.15, 0.2) is 0 Å². The normalized spacial score (nSPS) is 10.6. The van der Waals surface area contributed by atoms with Gasteiger partial charge >= 0.3 is 5.97 Å². The van der Waals surface area contributed by atoms with E-state index in [1.165, 1.54) is 0 Å². The average molecular weight is 313 g/mol. The highest BCUT2D eigenvalue weighted by molar-refractivity contribution is 6.35. The molecule has 3 aromatic carbocycles. The average Bonchev–Trinajstić information content (AvgIpc) is 2.55. The lowest BCUT2D eigenvalue weighted by Crippen LogP contribution is -2.00. The third kappa shape index (κ3) is 2.90. The van der Waals surface area contributed by atoms with Gasteiger partial charge in [-0.15, -0.1) is 0 Å². The van der Waals surface area contributed by atoms with Gasteiger partial charge in [-0.1, -0.05) is 48.0 Å². The van der Waals surface area contributed by atoms with Gasteiger partial charge in [0.25, 0.3) is 0 Å². The van der Waals surface area contributed by atoms with Gasteiger partial charge in [0.05, 0.1) is 5.56 Å². The Labute approximate surface area is 132 Å². The minimum Gasteiger partial charge on any atom is -0.488 e. The summed E-state index contributed by atoms with van der Waals surface area (Å²) < 4.78 is 5.84. The van der Waals surface area contributed by atoms with E-state index in [9.17, 15) is 4.79 Å². The number of hydrogen-bond donors (Lipinski definition) is 1. The number of aromatic carboxylic acids is 1. The molecule has 3 nitrogen and oxygen atoms in total. The number of halogens is 1. The number of benzene rings is 3. The second-order valence-electron chi connectivity index (χ2n) is 4.89.